The molecule has 1 aliphatic rings. The highest BCUT2D eigenvalue weighted by atomic mass is 16.2. The predicted octanol–water partition coefficient (Wildman–Crippen LogP) is 4.77. The summed E-state index contributed by atoms with van der Waals surface area (Å²) in [6.45, 7) is 12.6. The maximum Gasteiger partial charge on any atom is 0.229 e. The average Bonchev–Trinajstić information content (AvgIpc) is 3.21. The molecule has 2 aromatic carbocycles. The van der Waals surface area contributed by atoms with Gasteiger partial charge in [0, 0.05) is 29.5 Å². The summed E-state index contributed by atoms with van der Waals surface area (Å²) in [6.07, 6.45) is 0.210. The molecule has 7 nitrogen and oxygen atoms in total. The van der Waals surface area contributed by atoms with Crippen LogP contribution < -0.4 is 10.2 Å². The molecule has 4 rings (SSSR count). The van der Waals surface area contributed by atoms with E-state index in [1.165, 1.54) is 0 Å². The smallest absolute Gasteiger partial charge is 0.229 e. The highest BCUT2D eigenvalue weighted by Gasteiger charge is 2.31. The molecule has 0 spiro atoms. The van der Waals surface area contributed by atoms with Crippen molar-refractivity contribution < 1.29 is 9.59 Å². The van der Waals surface area contributed by atoms with Crippen LogP contribution in [0.5, 0.6) is 0 Å². The molecule has 0 saturated carbocycles. The molecule has 0 bridgehead atoms. The molecule has 0 radical (unpaired) electrons. The van der Waals surface area contributed by atoms with Crippen LogP contribution in [0.3, 0.4) is 0 Å². The lowest BCUT2D eigenvalue weighted by molar-refractivity contribution is -0.128. The molecule has 2 heterocycles. The molecule has 1 N–H and O–H groups in total. The van der Waals surface area contributed by atoms with Gasteiger partial charge in [-0.1, -0.05) is 68.4 Å². The summed E-state index contributed by atoms with van der Waals surface area (Å²) in [4.78, 5) is 27.6. The minimum Gasteiger partial charge on any atom is -0.355 e. The monoisotopic (exact) mass is 459 g/mol. The van der Waals surface area contributed by atoms with Crippen LogP contribution in [0.1, 0.15) is 53.5 Å². The summed E-state index contributed by atoms with van der Waals surface area (Å²) in [6, 6.07) is 15.9. The molecule has 3 aromatic rings. The molecule has 178 valence electrons. The Labute approximate surface area is 201 Å². The van der Waals surface area contributed by atoms with Crippen LogP contribution in [-0.2, 0) is 21.7 Å². The number of fused-ring (bicyclic) bond motifs is 5. The SMILES string of the molecule is CC(C)(C)C(=O)NCCC(=O)N1Cc2ccccc2-c2nnn(C(C)(C)C)c2-c2ccccc21. The zero-order chi connectivity index (χ0) is 24.7. The van der Waals surface area contributed by atoms with Gasteiger partial charge in [-0.15, -0.1) is 5.10 Å². The fraction of sp³-hybridized carbons (Fsp3) is 0.407. The first-order chi connectivity index (χ1) is 16.0. The van der Waals surface area contributed by atoms with Crippen molar-refractivity contribution in [3.63, 3.8) is 0 Å². The van der Waals surface area contributed by atoms with Crippen molar-refractivity contribution in [3.05, 3.63) is 54.1 Å². The third kappa shape index (κ3) is 4.47. The molecule has 7 heteroatoms. The number of para-hydroxylation sites is 1. The molecular weight excluding hydrogens is 426 g/mol. The van der Waals surface area contributed by atoms with E-state index in [0.717, 1.165) is 33.8 Å². The zero-order valence-electron chi connectivity index (χ0n) is 20.8. The topological polar surface area (TPSA) is 80.1 Å². The Morgan fingerprint density at radius 2 is 1.59 bits per heavy atom. The Hall–Kier alpha value is -3.48. The van der Waals surface area contributed by atoms with Gasteiger partial charge in [-0.25, -0.2) is 4.68 Å². The number of amides is 2. The second kappa shape index (κ2) is 8.70. The van der Waals surface area contributed by atoms with Crippen molar-refractivity contribution in [2.75, 3.05) is 11.4 Å². The van der Waals surface area contributed by atoms with E-state index in [-0.39, 0.29) is 23.8 Å². The van der Waals surface area contributed by atoms with E-state index < -0.39 is 5.41 Å². The lowest BCUT2D eigenvalue weighted by atomic mass is 9.94. The van der Waals surface area contributed by atoms with Crippen molar-refractivity contribution in [3.8, 4) is 22.5 Å². The number of carbonyl (C=O) groups excluding carboxylic acids is 2. The number of benzene rings is 2. The average molecular weight is 460 g/mol. The van der Waals surface area contributed by atoms with Crippen molar-refractivity contribution in [1.82, 2.24) is 20.3 Å². The molecule has 0 fully saturated rings. The summed E-state index contributed by atoms with van der Waals surface area (Å²) < 4.78 is 1.94. The molecule has 0 atom stereocenters. The van der Waals surface area contributed by atoms with Crippen LogP contribution in [0.25, 0.3) is 22.5 Å². The van der Waals surface area contributed by atoms with Gasteiger partial charge in [0.1, 0.15) is 5.69 Å². The van der Waals surface area contributed by atoms with Gasteiger partial charge in [0.15, 0.2) is 0 Å². The molecule has 0 aliphatic carbocycles. The Morgan fingerprint density at radius 3 is 2.26 bits per heavy atom. The van der Waals surface area contributed by atoms with E-state index in [0.29, 0.717) is 13.1 Å². The third-order valence-corrected chi connectivity index (χ3v) is 5.96. The first-order valence-corrected chi connectivity index (χ1v) is 11.7. The van der Waals surface area contributed by atoms with E-state index >= 15 is 0 Å². The fourth-order valence-corrected chi connectivity index (χ4v) is 4.13. The number of nitrogens with zero attached hydrogens (tertiary/aromatic N) is 4. The van der Waals surface area contributed by atoms with Crippen LogP contribution in [0.15, 0.2) is 48.5 Å². The number of anilines is 1. The quantitative estimate of drug-likeness (QED) is 0.612. The first kappa shape index (κ1) is 23.7. The maximum atomic E-state index is 13.5. The first-order valence-electron chi connectivity index (χ1n) is 11.7. The van der Waals surface area contributed by atoms with Crippen molar-refractivity contribution >= 4 is 17.5 Å². The Balaban J connectivity index is 1.79. The van der Waals surface area contributed by atoms with E-state index in [4.69, 9.17) is 0 Å². The zero-order valence-corrected chi connectivity index (χ0v) is 20.8. The van der Waals surface area contributed by atoms with Crippen LogP contribution in [0.4, 0.5) is 5.69 Å². The highest BCUT2D eigenvalue weighted by Crippen LogP contribution is 2.42. The number of nitrogens with one attached hydrogen (secondary N) is 1. The van der Waals surface area contributed by atoms with Gasteiger partial charge in [0.05, 0.1) is 23.5 Å². The van der Waals surface area contributed by atoms with Gasteiger partial charge >= 0.3 is 0 Å². The number of aromatic nitrogens is 3. The molecule has 2 amide bonds. The molecule has 1 aromatic heterocycles. The van der Waals surface area contributed by atoms with E-state index in [9.17, 15) is 9.59 Å². The van der Waals surface area contributed by atoms with Crippen molar-refractivity contribution in [2.45, 2.75) is 60.0 Å². The third-order valence-electron chi connectivity index (χ3n) is 5.96. The minimum atomic E-state index is -0.496. The number of hydrogen-bond acceptors (Lipinski definition) is 4. The summed E-state index contributed by atoms with van der Waals surface area (Å²) in [5.74, 6) is -0.113. The number of hydrogen-bond donors (Lipinski definition) is 1. The van der Waals surface area contributed by atoms with E-state index in [1.807, 2.05) is 78.9 Å². The summed E-state index contributed by atoms with van der Waals surface area (Å²) in [5, 5.41) is 12.0. The second-order valence-corrected chi connectivity index (χ2v) is 10.8. The normalized spacial score (nSPS) is 13.3. The lowest BCUT2D eigenvalue weighted by Gasteiger charge is -2.30. The standard InChI is InChI=1S/C27H33N5O2/c1-26(2,3)25(34)28-16-15-22(33)31-17-18-11-7-8-12-19(18)23-24(20-13-9-10-14-21(20)31)32(30-29-23)27(4,5)6/h7-14H,15-17H2,1-6H3,(H,28,34). The van der Waals surface area contributed by atoms with Gasteiger partial charge in [-0.2, -0.15) is 0 Å². The second-order valence-electron chi connectivity index (χ2n) is 10.8. The molecule has 0 saturated heterocycles. The van der Waals surface area contributed by atoms with Crippen LogP contribution in [0, 0.1) is 5.41 Å². The number of carbonyl (C=O) groups is 2. The van der Waals surface area contributed by atoms with Crippen molar-refractivity contribution in [2.24, 2.45) is 5.41 Å². The fourth-order valence-electron chi connectivity index (χ4n) is 4.13. The number of rotatable bonds is 3. The largest absolute Gasteiger partial charge is 0.355 e. The molecule has 0 unspecified atom stereocenters. The van der Waals surface area contributed by atoms with Crippen LogP contribution in [-0.4, -0.2) is 33.4 Å². The minimum absolute atomic E-state index is 0.0466. The highest BCUT2D eigenvalue weighted by molar-refractivity contribution is 6.00. The van der Waals surface area contributed by atoms with Gasteiger partial charge < -0.3 is 10.2 Å². The van der Waals surface area contributed by atoms with Crippen LogP contribution >= 0.6 is 0 Å². The lowest BCUT2D eigenvalue weighted by Crippen LogP contribution is -2.38. The molecular formula is C27H33N5O2. The van der Waals surface area contributed by atoms with Crippen LogP contribution in [0.2, 0.25) is 0 Å². The summed E-state index contributed by atoms with van der Waals surface area (Å²) >= 11 is 0. The van der Waals surface area contributed by atoms with Gasteiger partial charge in [-0.05, 0) is 32.4 Å². The maximum absolute atomic E-state index is 13.5. The van der Waals surface area contributed by atoms with E-state index in [1.54, 1.807) is 0 Å². The van der Waals surface area contributed by atoms with Crippen molar-refractivity contribution in [1.29, 1.82) is 0 Å². The predicted molar refractivity (Wildman–Crippen MR) is 134 cm³/mol. The summed E-state index contributed by atoms with van der Waals surface area (Å²) in [5.41, 5.74) is 4.64. The summed E-state index contributed by atoms with van der Waals surface area (Å²) in [7, 11) is 0. The Kier molecular flexibility index (Phi) is 6.06. The van der Waals surface area contributed by atoms with Gasteiger partial charge in [-0.3, -0.25) is 9.59 Å². The Bertz CT molecular complexity index is 1230. The molecule has 34 heavy (non-hydrogen) atoms. The Morgan fingerprint density at radius 1 is 0.941 bits per heavy atom. The molecule has 1 aliphatic heterocycles. The van der Waals surface area contributed by atoms with Gasteiger partial charge in [0.2, 0.25) is 11.8 Å². The van der Waals surface area contributed by atoms with Gasteiger partial charge in [0.25, 0.3) is 0 Å². The van der Waals surface area contributed by atoms with E-state index in [2.05, 4.69) is 36.4 Å².